The summed E-state index contributed by atoms with van der Waals surface area (Å²) in [7, 11) is 0. The van der Waals surface area contributed by atoms with Crippen LogP contribution in [0.1, 0.15) is 52.3 Å². The number of ether oxygens (including phenoxy) is 1. The predicted octanol–water partition coefficient (Wildman–Crippen LogP) is -2.00. The Kier molecular flexibility index (Phi) is 11.0. The van der Waals surface area contributed by atoms with Crippen LogP contribution < -0.4 is 59.1 Å². The summed E-state index contributed by atoms with van der Waals surface area (Å²) in [4.78, 5) is 31.9. The molecule has 1 unspecified atom stereocenters. The second-order valence-electron chi connectivity index (χ2n) is 10.2. The van der Waals surface area contributed by atoms with E-state index in [1.54, 1.807) is 6.92 Å². The number of esters is 1. The number of aryl methyl sites for hydroxylation is 1. The van der Waals surface area contributed by atoms with Gasteiger partial charge in [0.2, 0.25) is 5.82 Å². The molecule has 2 aromatic heterocycles. The van der Waals surface area contributed by atoms with E-state index in [1.807, 2.05) is 24.3 Å². The minimum atomic E-state index is -0.783. The van der Waals surface area contributed by atoms with Crippen LogP contribution in [-0.4, -0.2) is 64.7 Å². The van der Waals surface area contributed by atoms with Crippen molar-refractivity contribution in [3.8, 4) is 22.5 Å². The number of unbranched alkanes of at least 4 members (excludes halogenated alkanes) is 1. The number of hydrogen-bond donors (Lipinski definition) is 2. The van der Waals surface area contributed by atoms with E-state index in [1.165, 1.54) is 4.90 Å². The molecule has 1 amide bonds. The molecule has 2 aliphatic heterocycles. The molecule has 4 heterocycles. The number of tetrazole rings is 1. The second-order valence-corrected chi connectivity index (χ2v) is 10.2. The summed E-state index contributed by atoms with van der Waals surface area (Å²) < 4.78 is 7.24. The molecular formula is C30H33N7Na2O4. The molecule has 11 nitrogen and oxygen atoms in total. The number of aliphatic hydroxyl groups is 1. The van der Waals surface area contributed by atoms with Crippen LogP contribution >= 0.6 is 0 Å². The number of aromatic nitrogens is 6. The Balaban J connectivity index is 0.00000176. The van der Waals surface area contributed by atoms with Gasteiger partial charge < -0.3 is 22.2 Å². The molecule has 0 spiro atoms. The Bertz CT molecular complexity index is 1650. The molecule has 2 aliphatic rings. The number of imidazole rings is 1. The van der Waals surface area contributed by atoms with E-state index in [9.17, 15) is 14.7 Å². The first kappa shape index (κ1) is 33.1. The van der Waals surface area contributed by atoms with E-state index in [2.05, 4.69) is 56.4 Å². The van der Waals surface area contributed by atoms with Crippen LogP contribution in [-0.2, 0) is 40.3 Å². The van der Waals surface area contributed by atoms with E-state index in [-0.39, 0.29) is 86.5 Å². The Hall–Kier alpha value is -2.80. The van der Waals surface area contributed by atoms with E-state index >= 15 is 0 Å². The Morgan fingerprint density at radius 1 is 1.12 bits per heavy atom. The standard InChI is InChI=1S/C30H31N7O4.2Na.2H/c1-3-5-10-25-31-22-17-37-24(27(38)26(29(37)39)30(40)41-4-2)15-23(22)36(25)16-18-11-13-19(14-12-18)20-8-6-7-9-21(20)28-32-34-35-33-28;;;;/h6-9,11-14,24,38H,3-5,10,15-17H2,1-2H3,(H,32,33,34,35);;;;/q;2*+1;2*-1. The number of aromatic amines is 1. The van der Waals surface area contributed by atoms with Crippen molar-refractivity contribution in [2.45, 2.75) is 58.7 Å². The molecule has 1 atom stereocenters. The summed E-state index contributed by atoms with van der Waals surface area (Å²) in [6, 6.07) is 15.7. The average Bonchev–Trinajstić information content (AvgIpc) is 3.69. The molecule has 6 rings (SSSR count). The maximum Gasteiger partial charge on any atom is 1.00 e. The molecule has 43 heavy (non-hydrogen) atoms. The van der Waals surface area contributed by atoms with E-state index in [0.717, 1.165) is 58.7 Å². The summed E-state index contributed by atoms with van der Waals surface area (Å²) in [6.45, 7) is 4.78. The number of nitrogens with one attached hydrogen (secondary N) is 1. The molecule has 214 valence electrons. The van der Waals surface area contributed by atoms with Crippen LogP contribution in [0.15, 0.2) is 59.9 Å². The van der Waals surface area contributed by atoms with Crippen LogP contribution in [0.5, 0.6) is 0 Å². The molecule has 0 saturated heterocycles. The number of benzene rings is 2. The smallest absolute Gasteiger partial charge is 1.00 e. The molecule has 13 heteroatoms. The Morgan fingerprint density at radius 2 is 1.86 bits per heavy atom. The van der Waals surface area contributed by atoms with Gasteiger partial charge in [-0.2, -0.15) is 5.21 Å². The molecule has 4 aromatic rings. The van der Waals surface area contributed by atoms with Gasteiger partial charge in [-0.15, -0.1) is 10.2 Å². The van der Waals surface area contributed by atoms with Gasteiger partial charge in [0.25, 0.3) is 5.91 Å². The minimum absolute atomic E-state index is 0. The van der Waals surface area contributed by atoms with Crippen molar-refractivity contribution >= 4 is 11.9 Å². The van der Waals surface area contributed by atoms with Crippen molar-refractivity contribution in [3.05, 3.63) is 82.6 Å². The number of carbonyl (C=O) groups excluding carboxylic acids is 2. The van der Waals surface area contributed by atoms with Crippen LogP contribution in [0, 0.1) is 0 Å². The maximum absolute atomic E-state index is 13.0. The minimum Gasteiger partial charge on any atom is -1.00 e. The fourth-order valence-corrected chi connectivity index (χ4v) is 5.67. The van der Waals surface area contributed by atoms with Gasteiger partial charge in [-0.3, -0.25) is 4.79 Å². The average molecular weight is 602 g/mol. The zero-order valence-corrected chi connectivity index (χ0v) is 29.0. The zero-order valence-electron chi connectivity index (χ0n) is 27.0. The maximum atomic E-state index is 13.0. The number of hydrogen-bond acceptors (Lipinski definition) is 8. The molecule has 2 aromatic carbocycles. The third-order valence-corrected chi connectivity index (χ3v) is 7.72. The van der Waals surface area contributed by atoms with Crippen molar-refractivity contribution in [3.63, 3.8) is 0 Å². The van der Waals surface area contributed by atoms with Gasteiger partial charge >= 0.3 is 65.1 Å². The van der Waals surface area contributed by atoms with E-state index in [0.29, 0.717) is 18.8 Å². The number of amides is 1. The van der Waals surface area contributed by atoms with Crippen LogP contribution in [0.4, 0.5) is 0 Å². The number of aliphatic hydroxyl groups excluding tert-OH is 1. The largest absolute Gasteiger partial charge is 1.00 e. The molecule has 0 aliphatic carbocycles. The topological polar surface area (TPSA) is 139 Å². The van der Waals surface area contributed by atoms with Crippen LogP contribution in [0.3, 0.4) is 0 Å². The summed E-state index contributed by atoms with van der Waals surface area (Å²) in [6.07, 6.45) is 3.22. The first-order valence-corrected chi connectivity index (χ1v) is 13.9. The molecule has 0 saturated carbocycles. The summed E-state index contributed by atoms with van der Waals surface area (Å²) in [5.41, 5.74) is 5.56. The van der Waals surface area contributed by atoms with Gasteiger partial charge in [-0.25, -0.2) is 9.78 Å². The summed E-state index contributed by atoms with van der Waals surface area (Å²) in [5, 5.41) is 25.4. The molecular weight excluding hydrogens is 568 g/mol. The van der Waals surface area contributed by atoms with Crippen molar-refractivity contribution in [1.29, 1.82) is 0 Å². The first-order chi connectivity index (χ1) is 20.0. The number of nitrogens with zero attached hydrogens (tertiary/aromatic N) is 6. The first-order valence-electron chi connectivity index (χ1n) is 13.9. The molecule has 0 bridgehead atoms. The van der Waals surface area contributed by atoms with Crippen LogP contribution in [0.25, 0.3) is 22.5 Å². The summed E-state index contributed by atoms with van der Waals surface area (Å²) in [5.74, 6) is 0.00306. The van der Waals surface area contributed by atoms with Crippen molar-refractivity contribution < 1.29 is 81.4 Å². The van der Waals surface area contributed by atoms with Gasteiger partial charge in [0, 0.05) is 30.6 Å². The van der Waals surface area contributed by atoms with Gasteiger partial charge in [-0.05, 0) is 35.2 Å². The van der Waals surface area contributed by atoms with Crippen molar-refractivity contribution in [2.24, 2.45) is 0 Å². The second kappa shape index (κ2) is 14.3. The van der Waals surface area contributed by atoms with E-state index < -0.39 is 17.9 Å². The fourth-order valence-electron chi connectivity index (χ4n) is 5.67. The SMILES string of the molecule is CCCCc1nc2c(n1Cc1ccc(-c3ccccc3-c3nn[nH]n3)cc1)CC1C(O)=C(C(=O)OCC)C(=O)N1C2.[H-].[H-].[Na+].[Na+]. The molecule has 0 fully saturated rings. The van der Waals surface area contributed by atoms with Crippen molar-refractivity contribution in [1.82, 2.24) is 35.1 Å². The number of rotatable bonds is 9. The number of carbonyl (C=O) groups is 2. The van der Waals surface area contributed by atoms with Gasteiger partial charge in [0.05, 0.1) is 24.9 Å². The number of fused-ring (bicyclic) bond motifs is 2. The third kappa shape index (κ3) is 6.38. The van der Waals surface area contributed by atoms with Gasteiger partial charge in [0.1, 0.15) is 11.6 Å². The van der Waals surface area contributed by atoms with E-state index in [4.69, 9.17) is 9.72 Å². The van der Waals surface area contributed by atoms with Crippen molar-refractivity contribution in [2.75, 3.05) is 6.61 Å². The third-order valence-electron chi connectivity index (χ3n) is 7.72. The fraction of sp³-hybridized carbons (Fsp3) is 0.333. The molecule has 2 N–H and O–H groups in total. The summed E-state index contributed by atoms with van der Waals surface area (Å²) >= 11 is 0. The Morgan fingerprint density at radius 3 is 2.53 bits per heavy atom. The quantitative estimate of drug-likeness (QED) is 0.128. The zero-order chi connectivity index (χ0) is 28.5. The predicted molar refractivity (Wildman–Crippen MR) is 152 cm³/mol. The monoisotopic (exact) mass is 601 g/mol. The normalized spacial score (nSPS) is 15.4. The molecule has 0 radical (unpaired) electrons. The number of H-pyrrole nitrogens is 1. The van der Waals surface area contributed by atoms with Crippen LogP contribution in [0.2, 0.25) is 0 Å². The van der Waals surface area contributed by atoms with Gasteiger partial charge in [-0.1, -0.05) is 61.9 Å². The van der Waals surface area contributed by atoms with Gasteiger partial charge in [0.15, 0.2) is 5.57 Å². The Labute approximate surface area is 296 Å².